The van der Waals surface area contributed by atoms with Crippen LogP contribution in [0.15, 0.2) is 4.79 Å². The molecule has 0 aliphatic heterocycles. The Morgan fingerprint density at radius 3 is 2.88 bits per heavy atom. The van der Waals surface area contributed by atoms with Crippen molar-refractivity contribution in [1.82, 2.24) is 20.1 Å². The smallest absolute Gasteiger partial charge is 0.273 e. The molecular weight excluding hydrogens is 318 g/mol. The number of aromatic nitrogens is 3. The Balaban J connectivity index is 1.74. The second kappa shape index (κ2) is 7.00. The number of rotatable bonds is 5. The van der Waals surface area contributed by atoms with Gasteiger partial charge in [-0.1, -0.05) is 6.42 Å². The number of carbonyl (C=O) groups excluding carboxylic acids is 1. The van der Waals surface area contributed by atoms with E-state index in [1.807, 2.05) is 13.8 Å². The number of aryl methyl sites for hydroxylation is 3. The molecule has 1 amide bonds. The number of nitrogens with zero attached hydrogens (tertiary/aromatic N) is 2. The summed E-state index contributed by atoms with van der Waals surface area (Å²) in [5, 5.41) is 6.49. The number of hydrogen-bond donors (Lipinski definition) is 3. The van der Waals surface area contributed by atoms with Gasteiger partial charge in [0.1, 0.15) is 0 Å². The van der Waals surface area contributed by atoms with Gasteiger partial charge in [0.05, 0.1) is 5.39 Å². The first kappa shape index (κ1) is 17.7. The Morgan fingerprint density at radius 1 is 1.40 bits per heavy atom. The van der Waals surface area contributed by atoms with Crippen molar-refractivity contribution in [3.8, 4) is 0 Å². The molecule has 7 heteroatoms. The van der Waals surface area contributed by atoms with Crippen LogP contribution < -0.4 is 16.6 Å². The average molecular weight is 345 g/mol. The Kier molecular flexibility index (Phi) is 4.94. The lowest BCUT2D eigenvalue weighted by molar-refractivity contribution is -0.122. The molecule has 25 heavy (non-hydrogen) atoms. The number of nitrogens with one attached hydrogen (secondary N) is 2. The standard InChI is InChI=1S/C18H27N5O2/c1-10-13(11(2)20-17-16(10)18(25)22-23(17)3)7-8-15(24)21-14-6-4-5-12(14)9-19/h12,14H,4-9,19H2,1-3H3,(H,21,24)(H,22,25). The fourth-order valence-electron chi connectivity index (χ4n) is 4.04. The molecule has 2 aromatic rings. The maximum atomic E-state index is 12.3. The first-order chi connectivity index (χ1) is 11.9. The van der Waals surface area contributed by atoms with E-state index in [-0.39, 0.29) is 17.5 Å². The van der Waals surface area contributed by atoms with Crippen LogP contribution in [0.1, 0.15) is 42.5 Å². The van der Waals surface area contributed by atoms with Crippen LogP contribution in [0.3, 0.4) is 0 Å². The van der Waals surface area contributed by atoms with E-state index in [0.717, 1.165) is 36.1 Å². The molecule has 1 saturated carbocycles. The molecule has 2 heterocycles. The van der Waals surface area contributed by atoms with Crippen molar-refractivity contribution in [3.63, 3.8) is 0 Å². The van der Waals surface area contributed by atoms with E-state index in [1.165, 1.54) is 0 Å². The Labute approximate surface area is 147 Å². The van der Waals surface area contributed by atoms with Crippen LogP contribution in [-0.2, 0) is 18.3 Å². The summed E-state index contributed by atoms with van der Waals surface area (Å²) in [6.07, 6.45) is 4.21. The van der Waals surface area contributed by atoms with Crippen molar-refractivity contribution in [2.24, 2.45) is 18.7 Å². The third-order valence-corrected chi connectivity index (χ3v) is 5.49. The van der Waals surface area contributed by atoms with Gasteiger partial charge in [0, 0.05) is 25.2 Å². The molecule has 4 N–H and O–H groups in total. The summed E-state index contributed by atoms with van der Waals surface area (Å²) in [4.78, 5) is 29.0. The lowest BCUT2D eigenvalue weighted by Gasteiger charge is -2.19. The van der Waals surface area contributed by atoms with E-state index >= 15 is 0 Å². The van der Waals surface area contributed by atoms with Crippen LogP contribution in [0.2, 0.25) is 0 Å². The summed E-state index contributed by atoms with van der Waals surface area (Å²) >= 11 is 0. The number of amides is 1. The summed E-state index contributed by atoms with van der Waals surface area (Å²) in [5.74, 6) is 0.444. The summed E-state index contributed by atoms with van der Waals surface area (Å²) in [6.45, 7) is 4.49. The van der Waals surface area contributed by atoms with Crippen LogP contribution >= 0.6 is 0 Å². The number of carbonyl (C=O) groups is 1. The molecular formula is C18H27N5O2. The van der Waals surface area contributed by atoms with Gasteiger partial charge in [0.2, 0.25) is 5.91 Å². The van der Waals surface area contributed by atoms with Crippen LogP contribution in [0.4, 0.5) is 0 Å². The summed E-state index contributed by atoms with van der Waals surface area (Å²) in [6, 6.07) is 0.206. The van der Waals surface area contributed by atoms with Crippen molar-refractivity contribution in [3.05, 3.63) is 27.2 Å². The minimum atomic E-state index is -0.134. The zero-order valence-corrected chi connectivity index (χ0v) is 15.2. The molecule has 1 fully saturated rings. The molecule has 1 aliphatic rings. The highest BCUT2D eigenvalue weighted by Gasteiger charge is 2.27. The van der Waals surface area contributed by atoms with Crippen molar-refractivity contribution >= 4 is 16.9 Å². The summed E-state index contributed by atoms with van der Waals surface area (Å²) in [5.41, 5.74) is 9.07. The Bertz CT molecular complexity index is 851. The molecule has 0 radical (unpaired) electrons. The highest BCUT2D eigenvalue weighted by molar-refractivity contribution is 5.81. The van der Waals surface area contributed by atoms with E-state index in [9.17, 15) is 9.59 Å². The Morgan fingerprint density at radius 2 is 2.16 bits per heavy atom. The lowest BCUT2D eigenvalue weighted by atomic mass is 9.99. The van der Waals surface area contributed by atoms with Gasteiger partial charge in [-0.05, 0) is 56.7 Å². The van der Waals surface area contributed by atoms with Crippen LogP contribution in [0.25, 0.3) is 11.0 Å². The van der Waals surface area contributed by atoms with E-state index in [0.29, 0.717) is 36.3 Å². The minimum absolute atomic E-state index is 0.0474. The first-order valence-electron chi connectivity index (χ1n) is 8.96. The zero-order valence-electron chi connectivity index (χ0n) is 15.2. The molecule has 2 unspecified atom stereocenters. The van der Waals surface area contributed by atoms with Gasteiger partial charge in [-0.2, -0.15) is 0 Å². The lowest BCUT2D eigenvalue weighted by Crippen LogP contribution is -2.39. The van der Waals surface area contributed by atoms with Gasteiger partial charge < -0.3 is 11.1 Å². The molecule has 0 spiro atoms. The van der Waals surface area contributed by atoms with Gasteiger partial charge in [-0.3, -0.25) is 19.4 Å². The van der Waals surface area contributed by atoms with Crippen molar-refractivity contribution in [2.75, 3.05) is 6.54 Å². The minimum Gasteiger partial charge on any atom is -0.353 e. The fraction of sp³-hybridized carbons (Fsp3) is 0.611. The Hall–Kier alpha value is -2.15. The number of H-pyrrole nitrogens is 1. The molecule has 7 nitrogen and oxygen atoms in total. The second-order valence-corrected chi connectivity index (χ2v) is 7.10. The largest absolute Gasteiger partial charge is 0.353 e. The molecule has 1 aliphatic carbocycles. The molecule has 0 aromatic carbocycles. The normalized spacial score (nSPS) is 20.3. The fourth-order valence-corrected chi connectivity index (χ4v) is 4.04. The van der Waals surface area contributed by atoms with Gasteiger partial charge in [-0.15, -0.1) is 0 Å². The van der Waals surface area contributed by atoms with Crippen LogP contribution in [0, 0.1) is 19.8 Å². The maximum absolute atomic E-state index is 12.3. The first-order valence-corrected chi connectivity index (χ1v) is 8.96. The third kappa shape index (κ3) is 3.33. The van der Waals surface area contributed by atoms with Crippen LogP contribution in [0.5, 0.6) is 0 Å². The van der Waals surface area contributed by atoms with Crippen molar-refractivity contribution in [1.29, 1.82) is 0 Å². The second-order valence-electron chi connectivity index (χ2n) is 7.10. The summed E-state index contributed by atoms with van der Waals surface area (Å²) < 4.78 is 1.64. The predicted octanol–water partition coefficient (Wildman–Crippen LogP) is 1.05. The number of fused-ring (bicyclic) bond motifs is 1. The van der Waals surface area contributed by atoms with E-state index in [4.69, 9.17) is 5.73 Å². The molecule has 0 bridgehead atoms. The van der Waals surface area contributed by atoms with Crippen LogP contribution in [-0.4, -0.2) is 33.3 Å². The average Bonchev–Trinajstić information content (AvgIpc) is 3.11. The highest BCUT2D eigenvalue weighted by atomic mass is 16.1. The van der Waals surface area contributed by atoms with E-state index < -0.39 is 0 Å². The predicted molar refractivity (Wildman–Crippen MR) is 97.5 cm³/mol. The SMILES string of the molecule is Cc1nc2c(c(C)c1CCC(=O)NC1CCCC1CN)c(=O)[nH]n2C. The maximum Gasteiger partial charge on any atom is 0.273 e. The van der Waals surface area contributed by atoms with Gasteiger partial charge in [-0.25, -0.2) is 4.98 Å². The number of nitrogens with two attached hydrogens (primary N) is 1. The monoisotopic (exact) mass is 345 g/mol. The van der Waals surface area contributed by atoms with Gasteiger partial charge in [0.15, 0.2) is 5.65 Å². The summed E-state index contributed by atoms with van der Waals surface area (Å²) in [7, 11) is 1.78. The van der Waals surface area contributed by atoms with Crippen molar-refractivity contribution in [2.45, 2.75) is 52.0 Å². The van der Waals surface area contributed by atoms with Gasteiger partial charge >= 0.3 is 0 Å². The topological polar surface area (TPSA) is 106 Å². The molecule has 0 saturated heterocycles. The van der Waals surface area contributed by atoms with E-state index in [1.54, 1.807) is 11.7 Å². The quantitative estimate of drug-likeness (QED) is 0.753. The zero-order chi connectivity index (χ0) is 18.1. The molecule has 3 rings (SSSR count). The van der Waals surface area contributed by atoms with Gasteiger partial charge in [0.25, 0.3) is 5.56 Å². The molecule has 136 valence electrons. The third-order valence-electron chi connectivity index (χ3n) is 5.49. The highest BCUT2D eigenvalue weighted by Crippen LogP contribution is 2.25. The number of pyridine rings is 1. The van der Waals surface area contributed by atoms with E-state index in [2.05, 4.69) is 15.4 Å². The van der Waals surface area contributed by atoms with Crippen molar-refractivity contribution < 1.29 is 4.79 Å². The molecule has 2 atom stereocenters. The number of aromatic amines is 1. The molecule has 2 aromatic heterocycles. The number of hydrogen-bond acceptors (Lipinski definition) is 4.